The number of carbonyl (C=O) groups is 1. The number of hydrogen-bond donors (Lipinski definition) is 0. The lowest BCUT2D eigenvalue weighted by molar-refractivity contribution is 0.0773. The summed E-state index contributed by atoms with van der Waals surface area (Å²) >= 11 is 0. The maximum Gasteiger partial charge on any atom is 0.293 e. The van der Waals surface area contributed by atoms with Crippen LogP contribution >= 0.6 is 0 Å². The predicted octanol–water partition coefficient (Wildman–Crippen LogP) is 3.37. The van der Waals surface area contributed by atoms with Gasteiger partial charge in [-0.3, -0.25) is 4.79 Å². The van der Waals surface area contributed by atoms with Gasteiger partial charge < -0.3 is 4.90 Å². The van der Waals surface area contributed by atoms with Gasteiger partial charge in [0.1, 0.15) is 0 Å². The SMILES string of the molecule is Cc1ccnc2nc(C(=O)N(C)Cc3ccccc3-c3ccccc3)nn12. The molecule has 0 aliphatic heterocycles. The summed E-state index contributed by atoms with van der Waals surface area (Å²) in [6, 6.07) is 20.1. The molecule has 0 N–H and O–H groups in total. The van der Waals surface area contributed by atoms with Crippen LogP contribution < -0.4 is 0 Å². The summed E-state index contributed by atoms with van der Waals surface area (Å²) in [5.74, 6) is 0.343. The number of aryl methyl sites for hydroxylation is 1. The summed E-state index contributed by atoms with van der Waals surface area (Å²) in [7, 11) is 1.76. The molecule has 4 rings (SSSR count). The maximum atomic E-state index is 12.8. The van der Waals surface area contributed by atoms with Gasteiger partial charge in [-0.15, -0.1) is 5.10 Å². The summed E-state index contributed by atoms with van der Waals surface area (Å²) in [6.07, 6.45) is 1.66. The van der Waals surface area contributed by atoms with Gasteiger partial charge >= 0.3 is 0 Å². The Hall–Kier alpha value is -3.54. The molecule has 2 aromatic carbocycles. The molecule has 0 bridgehead atoms. The quantitative estimate of drug-likeness (QED) is 0.562. The van der Waals surface area contributed by atoms with Crippen molar-refractivity contribution in [2.45, 2.75) is 13.5 Å². The van der Waals surface area contributed by atoms with E-state index in [0.717, 1.165) is 22.4 Å². The van der Waals surface area contributed by atoms with Crippen LogP contribution in [-0.4, -0.2) is 37.4 Å². The molecule has 0 fully saturated rings. The van der Waals surface area contributed by atoms with Gasteiger partial charge in [-0.1, -0.05) is 54.6 Å². The lowest BCUT2D eigenvalue weighted by Crippen LogP contribution is -2.27. The molecule has 0 unspecified atom stereocenters. The van der Waals surface area contributed by atoms with E-state index >= 15 is 0 Å². The van der Waals surface area contributed by atoms with Crippen LogP contribution in [0.25, 0.3) is 16.9 Å². The van der Waals surface area contributed by atoms with E-state index in [0.29, 0.717) is 12.3 Å². The summed E-state index contributed by atoms with van der Waals surface area (Å²) in [5.41, 5.74) is 4.18. The second kappa shape index (κ2) is 6.99. The highest BCUT2D eigenvalue weighted by atomic mass is 16.2. The van der Waals surface area contributed by atoms with Crippen LogP contribution in [-0.2, 0) is 6.54 Å². The van der Waals surface area contributed by atoms with Crippen molar-refractivity contribution < 1.29 is 4.79 Å². The van der Waals surface area contributed by atoms with Crippen LogP contribution in [0.4, 0.5) is 0 Å². The Morgan fingerprint density at radius 2 is 1.78 bits per heavy atom. The van der Waals surface area contributed by atoms with Gasteiger partial charge in [-0.05, 0) is 29.7 Å². The number of rotatable bonds is 4. The van der Waals surface area contributed by atoms with Crippen molar-refractivity contribution in [3.63, 3.8) is 0 Å². The van der Waals surface area contributed by atoms with E-state index in [1.807, 2.05) is 49.4 Å². The summed E-state index contributed by atoms with van der Waals surface area (Å²) in [5, 5.41) is 4.31. The van der Waals surface area contributed by atoms with Gasteiger partial charge in [0.25, 0.3) is 11.7 Å². The predicted molar refractivity (Wildman–Crippen MR) is 103 cm³/mol. The number of hydrogen-bond acceptors (Lipinski definition) is 4. The minimum atomic E-state index is -0.234. The van der Waals surface area contributed by atoms with Gasteiger partial charge in [0, 0.05) is 25.5 Å². The highest BCUT2D eigenvalue weighted by Crippen LogP contribution is 2.24. The first-order valence-electron chi connectivity index (χ1n) is 8.70. The standard InChI is InChI=1S/C21H19N5O/c1-15-12-13-22-21-23-19(24-26(15)21)20(27)25(2)14-17-10-6-7-11-18(17)16-8-4-3-5-9-16/h3-13H,14H2,1-2H3. The van der Waals surface area contributed by atoms with Crippen molar-refractivity contribution in [2.24, 2.45) is 0 Å². The van der Waals surface area contributed by atoms with E-state index in [9.17, 15) is 4.79 Å². The van der Waals surface area contributed by atoms with E-state index in [-0.39, 0.29) is 11.7 Å². The molecule has 134 valence electrons. The summed E-state index contributed by atoms with van der Waals surface area (Å²) in [4.78, 5) is 22.9. The number of benzene rings is 2. The zero-order chi connectivity index (χ0) is 18.8. The van der Waals surface area contributed by atoms with Crippen LogP contribution in [0.1, 0.15) is 21.9 Å². The van der Waals surface area contributed by atoms with Gasteiger partial charge in [0.15, 0.2) is 0 Å². The first-order valence-corrected chi connectivity index (χ1v) is 8.70. The fourth-order valence-electron chi connectivity index (χ4n) is 3.05. The average molecular weight is 357 g/mol. The highest BCUT2D eigenvalue weighted by Gasteiger charge is 2.19. The van der Waals surface area contributed by atoms with Crippen molar-refractivity contribution >= 4 is 11.7 Å². The molecule has 0 saturated carbocycles. The summed E-state index contributed by atoms with van der Waals surface area (Å²) < 4.78 is 1.58. The van der Waals surface area contributed by atoms with E-state index in [2.05, 4.69) is 33.3 Å². The molecule has 0 aliphatic carbocycles. The van der Waals surface area contributed by atoms with E-state index in [1.165, 1.54) is 0 Å². The number of fused-ring (bicyclic) bond motifs is 1. The summed E-state index contributed by atoms with van der Waals surface area (Å²) in [6.45, 7) is 2.36. The Morgan fingerprint density at radius 3 is 2.56 bits per heavy atom. The zero-order valence-corrected chi connectivity index (χ0v) is 15.2. The fourth-order valence-corrected chi connectivity index (χ4v) is 3.05. The van der Waals surface area contributed by atoms with Gasteiger partial charge in [-0.25, -0.2) is 9.50 Å². The highest BCUT2D eigenvalue weighted by molar-refractivity contribution is 5.90. The Kier molecular flexibility index (Phi) is 4.38. The third-order valence-corrected chi connectivity index (χ3v) is 4.48. The second-order valence-corrected chi connectivity index (χ2v) is 6.42. The first kappa shape index (κ1) is 16.9. The first-order chi connectivity index (χ1) is 13.1. The largest absolute Gasteiger partial charge is 0.335 e. The zero-order valence-electron chi connectivity index (χ0n) is 15.2. The molecular weight excluding hydrogens is 338 g/mol. The molecule has 0 radical (unpaired) electrons. The smallest absolute Gasteiger partial charge is 0.293 e. The van der Waals surface area contributed by atoms with E-state index in [4.69, 9.17) is 0 Å². The van der Waals surface area contributed by atoms with Crippen molar-refractivity contribution in [3.05, 3.63) is 83.9 Å². The van der Waals surface area contributed by atoms with Gasteiger partial charge in [0.2, 0.25) is 5.82 Å². The molecule has 0 spiro atoms. The van der Waals surface area contributed by atoms with Crippen LogP contribution in [0.15, 0.2) is 66.9 Å². The third-order valence-electron chi connectivity index (χ3n) is 4.48. The number of aromatic nitrogens is 4. The van der Waals surface area contributed by atoms with Crippen LogP contribution in [0, 0.1) is 6.92 Å². The molecule has 0 saturated heterocycles. The topological polar surface area (TPSA) is 63.4 Å². The van der Waals surface area contributed by atoms with Crippen molar-refractivity contribution in [1.29, 1.82) is 0 Å². The fraction of sp³-hybridized carbons (Fsp3) is 0.143. The second-order valence-electron chi connectivity index (χ2n) is 6.42. The monoisotopic (exact) mass is 357 g/mol. The van der Waals surface area contributed by atoms with Crippen molar-refractivity contribution in [3.8, 4) is 11.1 Å². The van der Waals surface area contributed by atoms with Crippen LogP contribution in [0.2, 0.25) is 0 Å². The molecule has 0 atom stereocenters. The normalized spacial score (nSPS) is 10.9. The van der Waals surface area contributed by atoms with Crippen LogP contribution in [0.5, 0.6) is 0 Å². The Labute approximate surface area is 157 Å². The Balaban J connectivity index is 1.61. The third kappa shape index (κ3) is 3.29. The lowest BCUT2D eigenvalue weighted by atomic mass is 9.99. The van der Waals surface area contributed by atoms with Crippen molar-refractivity contribution in [2.75, 3.05) is 7.05 Å². The lowest BCUT2D eigenvalue weighted by Gasteiger charge is -2.18. The molecule has 4 aromatic rings. The number of carbonyl (C=O) groups excluding carboxylic acids is 1. The molecule has 6 nitrogen and oxygen atoms in total. The Bertz CT molecular complexity index is 1100. The molecule has 27 heavy (non-hydrogen) atoms. The minimum Gasteiger partial charge on any atom is -0.335 e. The van der Waals surface area contributed by atoms with Gasteiger partial charge in [-0.2, -0.15) is 4.98 Å². The minimum absolute atomic E-state index is 0.150. The van der Waals surface area contributed by atoms with Crippen LogP contribution in [0.3, 0.4) is 0 Å². The molecule has 2 heterocycles. The molecule has 1 amide bonds. The molecule has 2 aromatic heterocycles. The van der Waals surface area contributed by atoms with E-state index in [1.54, 1.807) is 22.7 Å². The maximum absolute atomic E-state index is 12.8. The number of amides is 1. The van der Waals surface area contributed by atoms with Crippen molar-refractivity contribution in [1.82, 2.24) is 24.5 Å². The molecular formula is C21H19N5O. The average Bonchev–Trinajstić information content (AvgIpc) is 3.14. The number of nitrogens with zero attached hydrogens (tertiary/aromatic N) is 5. The Morgan fingerprint density at radius 1 is 1.04 bits per heavy atom. The molecule has 0 aliphatic rings. The van der Waals surface area contributed by atoms with Gasteiger partial charge in [0.05, 0.1) is 0 Å². The molecule has 6 heteroatoms. The van der Waals surface area contributed by atoms with E-state index < -0.39 is 0 Å².